The summed E-state index contributed by atoms with van der Waals surface area (Å²) in [5.41, 5.74) is 1.70. The van der Waals surface area contributed by atoms with Crippen molar-refractivity contribution < 1.29 is 9.21 Å². The third-order valence-corrected chi connectivity index (χ3v) is 4.33. The summed E-state index contributed by atoms with van der Waals surface area (Å²) in [6.45, 7) is 0. The minimum atomic E-state index is -0.558. The maximum atomic E-state index is 12.5. The summed E-state index contributed by atoms with van der Waals surface area (Å²) in [6, 6.07) is 13.7. The highest BCUT2D eigenvalue weighted by Crippen LogP contribution is 2.35. The monoisotopic (exact) mass is 370 g/mol. The van der Waals surface area contributed by atoms with Gasteiger partial charge in [0.05, 0.1) is 17.3 Å². The summed E-state index contributed by atoms with van der Waals surface area (Å²) < 4.78 is 6.29. The van der Waals surface area contributed by atoms with E-state index >= 15 is 0 Å². The Morgan fingerprint density at radius 3 is 2.70 bits per heavy atom. The summed E-state index contributed by atoms with van der Waals surface area (Å²) >= 11 is 3.41. The number of hydrogen-bond donors (Lipinski definition) is 2. The number of carbonyl (C=O) groups is 1. The van der Waals surface area contributed by atoms with Crippen molar-refractivity contribution in [1.29, 1.82) is 0 Å². The van der Waals surface area contributed by atoms with Gasteiger partial charge in [-0.25, -0.2) is 9.59 Å². The van der Waals surface area contributed by atoms with Crippen LogP contribution in [0.1, 0.15) is 17.2 Å². The number of halogens is 1. The van der Waals surface area contributed by atoms with E-state index in [4.69, 9.17) is 4.42 Å². The van der Waals surface area contributed by atoms with Crippen LogP contribution in [0.5, 0.6) is 0 Å². The van der Waals surface area contributed by atoms with Gasteiger partial charge in [-0.05, 0) is 29.8 Å². The molecule has 1 aliphatic rings. The number of amides is 2. The fraction of sp³-hybridized carbons (Fsp3) is 0.0588. The van der Waals surface area contributed by atoms with E-state index in [1.807, 2.05) is 36.4 Å². The van der Waals surface area contributed by atoms with E-state index in [9.17, 15) is 9.59 Å². The van der Waals surface area contributed by atoms with E-state index in [2.05, 4.69) is 26.6 Å². The molecular weight excluding hydrogens is 360 g/mol. The topological polar surface area (TPSA) is 71.3 Å². The molecule has 0 spiro atoms. The Balaban J connectivity index is 2.02. The number of benzene rings is 2. The maximum Gasteiger partial charge on any atom is 0.344 e. The zero-order valence-electron chi connectivity index (χ0n) is 11.8. The predicted octanol–water partition coefficient (Wildman–Crippen LogP) is 3.78. The van der Waals surface area contributed by atoms with Crippen molar-refractivity contribution in [3.63, 3.8) is 0 Å². The molecule has 1 aromatic heterocycles. The molecule has 1 aliphatic heterocycles. The van der Waals surface area contributed by atoms with Crippen molar-refractivity contribution in [1.82, 2.24) is 5.32 Å². The van der Waals surface area contributed by atoms with Gasteiger partial charge in [-0.3, -0.25) is 0 Å². The molecule has 0 bridgehead atoms. The Kier molecular flexibility index (Phi) is 3.20. The molecular formula is C17H11BrN2O3. The molecule has 3 aromatic rings. The van der Waals surface area contributed by atoms with Crippen molar-refractivity contribution in [2.45, 2.75) is 6.04 Å². The van der Waals surface area contributed by atoms with Crippen LogP contribution < -0.4 is 16.3 Å². The Bertz CT molecular complexity index is 997. The quantitative estimate of drug-likeness (QED) is 0.640. The molecule has 4 rings (SSSR count). The second kappa shape index (κ2) is 5.24. The maximum absolute atomic E-state index is 12.5. The summed E-state index contributed by atoms with van der Waals surface area (Å²) in [5.74, 6) is 0. The number of hydrogen-bond acceptors (Lipinski definition) is 3. The number of anilines is 1. The average molecular weight is 371 g/mol. The Hall–Kier alpha value is -2.60. The van der Waals surface area contributed by atoms with Crippen LogP contribution >= 0.6 is 15.9 Å². The molecule has 5 nitrogen and oxygen atoms in total. The van der Waals surface area contributed by atoms with Gasteiger partial charge in [-0.1, -0.05) is 40.2 Å². The van der Waals surface area contributed by atoms with Crippen LogP contribution in [0.25, 0.3) is 11.0 Å². The molecule has 114 valence electrons. The molecule has 2 amide bonds. The van der Waals surface area contributed by atoms with Crippen molar-refractivity contribution >= 4 is 38.6 Å². The molecule has 0 fully saturated rings. The molecule has 2 N–H and O–H groups in total. The SMILES string of the molecule is O=C1Nc2c(c(=O)oc3ccccc23)C(c2cccc(Br)c2)N1. The number of fused-ring (bicyclic) bond motifs is 3. The third-order valence-electron chi connectivity index (χ3n) is 3.83. The van der Waals surface area contributed by atoms with E-state index < -0.39 is 11.7 Å². The van der Waals surface area contributed by atoms with Gasteiger partial charge in [0.1, 0.15) is 5.58 Å². The normalized spacial score (nSPS) is 16.6. The first-order chi connectivity index (χ1) is 11.1. The standard InChI is InChI=1S/C17H11BrN2O3/c18-10-5-3-4-9(8-10)14-13-15(20-17(22)19-14)11-6-1-2-7-12(11)23-16(13)21/h1-8,14H,(H2,19,20,22). The molecule has 0 saturated heterocycles. The van der Waals surface area contributed by atoms with Crippen molar-refractivity contribution in [2.75, 3.05) is 5.32 Å². The fourth-order valence-corrected chi connectivity index (χ4v) is 3.27. The van der Waals surface area contributed by atoms with E-state index in [1.165, 1.54) is 0 Å². The summed E-state index contributed by atoms with van der Waals surface area (Å²) in [4.78, 5) is 24.6. The lowest BCUT2D eigenvalue weighted by atomic mass is 9.96. The van der Waals surface area contributed by atoms with E-state index in [-0.39, 0.29) is 6.03 Å². The Morgan fingerprint density at radius 2 is 1.87 bits per heavy atom. The lowest BCUT2D eigenvalue weighted by Gasteiger charge is -2.27. The van der Waals surface area contributed by atoms with Crippen LogP contribution in [-0.4, -0.2) is 6.03 Å². The van der Waals surface area contributed by atoms with Crippen LogP contribution in [0.2, 0.25) is 0 Å². The van der Waals surface area contributed by atoms with E-state index in [1.54, 1.807) is 12.1 Å². The molecule has 23 heavy (non-hydrogen) atoms. The third kappa shape index (κ3) is 2.31. The molecule has 2 aromatic carbocycles. The van der Waals surface area contributed by atoms with Gasteiger partial charge in [0.25, 0.3) is 0 Å². The first-order valence-corrected chi connectivity index (χ1v) is 7.81. The van der Waals surface area contributed by atoms with Crippen LogP contribution in [0.3, 0.4) is 0 Å². The van der Waals surface area contributed by atoms with Crippen molar-refractivity contribution in [3.05, 3.63) is 74.6 Å². The Labute approximate surface area is 139 Å². The zero-order chi connectivity index (χ0) is 16.0. The molecule has 0 aliphatic carbocycles. The van der Waals surface area contributed by atoms with Crippen molar-refractivity contribution in [3.8, 4) is 0 Å². The minimum Gasteiger partial charge on any atom is -0.422 e. The first-order valence-electron chi connectivity index (χ1n) is 7.02. The second-order valence-electron chi connectivity index (χ2n) is 5.26. The van der Waals surface area contributed by atoms with Gasteiger partial charge in [0, 0.05) is 9.86 Å². The highest BCUT2D eigenvalue weighted by Gasteiger charge is 2.31. The zero-order valence-corrected chi connectivity index (χ0v) is 13.4. The van der Waals surface area contributed by atoms with Crippen LogP contribution in [0.4, 0.5) is 10.5 Å². The lowest BCUT2D eigenvalue weighted by molar-refractivity contribution is 0.248. The summed E-state index contributed by atoms with van der Waals surface area (Å²) in [7, 11) is 0. The highest BCUT2D eigenvalue weighted by atomic mass is 79.9. The van der Waals surface area contributed by atoms with Gasteiger partial charge in [0.2, 0.25) is 0 Å². The molecule has 6 heteroatoms. The smallest absolute Gasteiger partial charge is 0.344 e. The molecule has 1 atom stereocenters. The minimum absolute atomic E-state index is 0.349. The number of carbonyl (C=O) groups excluding carboxylic acids is 1. The first kappa shape index (κ1) is 14.0. The van der Waals surface area contributed by atoms with Crippen LogP contribution in [-0.2, 0) is 0 Å². The van der Waals surface area contributed by atoms with E-state index in [0.29, 0.717) is 22.2 Å². The van der Waals surface area contributed by atoms with Gasteiger partial charge in [0.15, 0.2) is 0 Å². The number of urea groups is 1. The predicted molar refractivity (Wildman–Crippen MR) is 90.6 cm³/mol. The molecule has 2 heterocycles. The number of para-hydroxylation sites is 1. The summed E-state index contributed by atoms with van der Waals surface area (Å²) in [6.07, 6.45) is 0. The largest absolute Gasteiger partial charge is 0.422 e. The highest BCUT2D eigenvalue weighted by molar-refractivity contribution is 9.10. The fourth-order valence-electron chi connectivity index (χ4n) is 2.85. The number of nitrogens with one attached hydrogen (secondary N) is 2. The molecule has 0 radical (unpaired) electrons. The average Bonchev–Trinajstić information content (AvgIpc) is 2.54. The second-order valence-corrected chi connectivity index (χ2v) is 6.18. The van der Waals surface area contributed by atoms with Crippen LogP contribution in [0, 0.1) is 0 Å². The van der Waals surface area contributed by atoms with Crippen LogP contribution in [0.15, 0.2) is 62.2 Å². The van der Waals surface area contributed by atoms with E-state index in [0.717, 1.165) is 10.0 Å². The molecule has 0 saturated carbocycles. The summed E-state index contributed by atoms with van der Waals surface area (Å²) in [5, 5.41) is 6.23. The lowest BCUT2D eigenvalue weighted by Crippen LogP contribution is -2.41. The van der Waals surface area contributed by atoms with Gasteiger partial charge >= 0.3 is 11.7 Å². The molecule has 1 unspecified atom stereocenters. The van der Waals surface area contributed by atoms with Gasteiger partial charge in [-0.15, -0.1) is 0 Å². The number of rotatable bonds is 1. The van der Waals surface area contributed by atoms with Crippen molar-refractivity contribution in [2.24, 2.45) is 0 Å². The van der Waals surface area contributed by atoms with Gasteiger partial charge in [-0.2, -0.15) is 0 Å². The van der Waals surface area contributed by atoms with Gasteiger partial charge < -0.3 is 15.1 Å². The Morgan fingerprint density at radius 1 is 1.04 bits per heavy atom.